The highest BCUT2D eigenvalue weighted by Crippen LogP contribution is 2.29. The maximum Gasteiger partial charge on any atom is 0.324 e. The van der Waals surface area contributed by atoms with Crippen molar-refractivity contribution in [1.82, 2.24) is 15.3 Å². The molecule has 1 aromatic carbocycles. The molecule has 1 saturated heterocycles. The van der Waals surface area contributed by atoms with E-state index < -0.39 is 11.8 Å². The van der Waals surface area contributed by atoms with E-state index in [9.17, 15) is 9.18 Å². The van der Waals surface area contributed by atoms with Gasteiger partial charge in [0.1, 0.15) is 17.7 Å². The number of carbonyl (C=O) groups is 1. The third-order valence-electron chi connectivity index (χ3n) is 4.53. The van der Waals surface area contributed by atoms with Gasteiger partial charge in [-0.2, -0.15) is 0 Å². The molecule has 144 valence electrons. The fourth-order valence-electron chi connectivity index (χ4n) is 3.00. The normalized spacial score (nSPS) is 17.8. The van der Waals surface area contributed by atoms with E-state index in [4.69, 9.17) is 4.74 Å². The van der Waals surface area contributed by atoms with Gasteiger partial charge in [-0.25, -0.2) is 14.2 Å². The number of hydrogen-bond donors (Lipinski definition) is 3. The number of halogens is 1. The minimum absolute atomic E-state index is 0.105. The number of rotatable bonds is 5. The van der Waals surface area contributed by atoms with Crippen LogP contribution in [0.15, 0.2) is 30.6 Å². The van der Waals surface area contributed by atoms with Crippen LogP contribution in [0, 0.1) is 18.7 Å². The Labute approximate surface area is 157 Å². The van der Waals surface area contributed by atoms with Gasteiger partial charge in [-0.05, 0) is 45.4 Å². The largest absolute Gasteiger partial charge is 0.488 e. The predicted molar refractivity (Wildman–Crippen MR) is 101 cm³/mol. The Morgan fingerprint density at radius 3 is 2.89 bits per heavy atom. The number of nitrogens with one attached hydrogen (secondary N) is 3. The van der Waals surface area contributed by atoms with Gasteiger partial charge in [-0.15, -0.1) is 0 Å². The summed E-state index contributed by atoms with van der Waals surface area (Å²) in [6, 6.07) is 3.54. The summed E-state index contributed by atoms with van der Waals surface area (Å²) in [6.45, 7) is 5.65. The Kier molecular flexibility index (Phi) is 6.18. The Hall–Kier alpha value is -2.74. The molecule has 1 aliphatic heterocycles. The number of anilines is 2. The van der Waals surface area contributed by atoms with Crippen molar-refractivity contribution >= 4 is 17.5 Å². The topological polar surface area (TPSA) is 88.2 Å². The number of benzene rings is 1. The number of amides is 2. The molecule has 0 saturated carbocycles. The summed E-state index contributed by atoms with van der Waals surface area (Å²) in [5.41, 5.74) is 1.14. The smallest absolute Gasteiger partial charge is 0.324 e. The Bertz CT molecular complexity index is 778. The van der Waals surface area contributed by atoms with Gasteiger partial charge in [0.2, 0.25) is 0 Å². The number of aromatic nitrogens is 2. The van der Waals surface area contributed by atoms with Crippen molar-refractivity contribution < 1.29 is 13.9 Å². The maximum absolute atomic E-state index is 13.7. The monoisotopic (exact) mass is 373 g/mol. The first-order valence-corrected chi connectivity index (χ1v) is 9.05. The maximum atomic E-state index is 13.7. The van der Waals surface area contributed by atoms with E-state index in [1.165, 1.54) is 24.4 Å². The lowest BCUT2D eigenvalue weighted by Gasteiger charge is -2.29. The second kappa shape index (κ2) is 8.77. The molecule has 8 heteroatoms. The number of ether oxygens (including phenoxy) is 1. The van der Waals surface area contributed by atoms with Crippen LogP contribution >= 0.6 is 0 Å². The molecule has 27 heavy (non-hydrogen) atoms. The number of carbonyl (C=O) groups excluding carboxylic acids is 1. The molecule has 3 N–H and O–H groups in total. The van der Waals surface area contributed by atoms with Crippen LogP contribution in [0.1, 0.15) is 25.5 Å². The molecule has 3 rings (SSSR count). The standard InChI is InChI=1S/C19H24FN5O2/c1-12-9-23-18(11-22-12)25-19(26)24-16-6-5-15(20)8-17(16)27-13(2)14-4-3-7-21-10-14/h5-6,8-9,11,13-14,21H,3-4,7,10H2,1-2H3,(H2,23,24,25,26). The first-order chi connectivity index (χ1) is 13.0. The van der Waals surface area contributed by atoms with Crippen LogP contribution in [-0.4, -0.2) is 35.2 Å². The minimum atomic E-state index is -0.503. The summed E-state index contributed by atoms with van der Waals surface area (Å²) in [5.74, 6) is 0.545. The van der Waals surface area contributed by atoms with Gasteiger partial charge in [0.25, 0.3) is 0 Å². The van der Waals surface area contributed by atoms with Gasteiger partial charge in [-0.3, -0.25) is 10.3 Å². The molecule has 0 radical (unpaired) electrons. The summed E-state index contributed by atoms with van der Waals surface area (Å²) >= 11 is 0. The lowest BCUT2D eigenvalue weighted by molar-refractivity contribution is 0.132. The molecule has 0 aliphatic carbocycles. The molecular weight excluding hydrogens is 349 g/mol. The number of urea groups is 1. The van der Waals surface area contributed by atoms with Gasteiger partial charge in [-0.1, -0.05) is 0 Å². The highest BCUT2D eigenvalue weighted by molar-refractivity contribution is 6.00. The zero-order valence-corrected chi connectivity index (χ0v) is 15.5. The summed E-state index contributed by atoms with van der Waals surface area (Å²) in [4.78, 5) is 20.4. The Morgan fingerprint density at radius 1 is 1.33 bits per heavy atom. The first-order valence-electron chi connectivity index (χ1n) is 9.05. The van der Waals surface area contributed by atoms with E-state index in [0.717, 1.165) is 31.6 Å². The summed E-state index contributed by atoms with van der Waals surface area (Å²) in [5, 5.41) is 8.62. The van der Waals surface area contributed by atoms with Crippen molar-refractivity contribution in [1.29, 1.82) is 0 Å². The highest BCUT2D eigenvalue weighted by Gasteiger charge is 2.22. The highest BCUT2D eigenvalue weighted by atomic mass is 19.1. The summed E-state index contributed by atoms with van der Waals surface area (Å²) < 4.78 is 19.7. The fourth-order valence-corrected chi connectivity index (χ4v) is 3.00. The molecule has 2 aromatic rings. The molecule has 2 amide bonds. The van der Waals surface area contributed by atoms with Crippen molar-refractivity contribution in [2.24, 2.45) is 5.92 Å². The van der Waals surface area contributed by atoms with Gasteiger partial charge in [0.05, 0.1) is 23.8 Å². The third-order valence-corrected chi connectivity index (χ3v) is 4.53. The van der Waals surface area contributed by atoms with E-state index in [1.807, 2.05) is 13.8 Å². The van der Waals surface area contributed by atoms with Crippen LogP contribution in [0.3, 0.4) is 0 Å². The number of nitrogens with zero attached hydrogens (tertiary/aromatic N) is 2. The Balaban J connectivity index is 1.67. The fraction of sp³-hybridized carbons (Fsp3) is 0.421. The second-order valence-electron chi connectivity index (χ2n) is 6.69. The lowest BCUT2D eigenvalue weighted by atomic mass is 9.94. The Morgan fingerprint density at radius 2 is 2.19 bits per heavy atom. The molecule has 1 aliphatic rings. The van der Waals surface area contributed by atoms with Gasteiger partial charge < -0.3 is 15.4 Å². The first kappa shape index (κ1) is 19.0. The summed E-state index contributed by atoms with van der Waals surface area (Å²) in [6.07, 6.45) is 5.06. The van der Waals surface area contributed by atoms with Crippen LogP contribution in [-0.2, 0) is 0 Å². The predicted octanol–water partition coefficient (Wildman–Crippen LogP) is 3.34. The molecule has 1 fully saturated rings. The summed E-state index contributed by atoms with van der Waals surface area (Å²) in [7, 11) is 0. The molecule has 0 bridgehead atoms. The van der Waals surface area contributed by atoms with Crippen LogP contribution < -0.4 is 20.7 Å². The minimum Gasteiger partial charge on any atom is -0.488 e. The lowest BCUT2D eigenvalue weighted by Crippen LogP contribution is -2.38. The third kappa shape index (κ3) is 5.37. The quantitative estimate of drug-likeness (QED) is 0.748. The van der Waals surface area contributed by atoms with E-state index in [0.29, 0.717) is 23.2 Å². The molecule has 1 aromatic heterocycles. The van der Waals surface area contributed by atoms with Crippen molar-refractivity contribution in [3.63, 3.8) is 0 Å². The molecule has 2 unspecified atom stereocenters. The van der Waals surface area contributed by atoms with Crippen molar-refractivity contribution in [2.75, 3.05) is 23.7 Å². The van der Waals surface area contributed by atoms with Crippen LogP contribution in [0.5, 0.6) is 5.75 Å². The average Bonchev–Trinajstić information content (AvgIpc) is 2.66. The number of piperidine rings is 1. The van der Waals surface area contributed by atoms with Crippen molar-refractivity contribution in [2.45, 2.75) is 32.8 Å². The average molecular weight is 373 g/mol. The van der Waals surface area contributed by atoms with Gasteiger partial charge in [0.15, 0.2) is 5.82 Å². The zero-order valence-electron chi connectivity index (χ0n) is 15.5. The zero-order chi connectivity index (χ0) is 19.2. The van der Waals surface area contributed by atoms with E-state index in [-0.39, 0.29) is 6.10 Å². The van der Waals surface area contributed by atoms with Gasteiger partial charge >= 0.3 is 6.03 Å². The van der Waals surface area contributed by atoms with Crippen LogP contribution in [0.4, 0.5) is 20.7 Å². The van der Waals surface area contributed by atoms with Gasteiger partial charge in [0, 0.05) is 18.5 Å². The van der Waals surface area contributed by atoms with E-state index in [1.54, 1.807) is 6.20 Å². The van der Waals surface area contributed by atoms with E-state index >= 15 is 0 Å². The molecule has 7 nitrogen and oxygen atoms in total. The number of aryl methyl sites for hydroxylation is 1. The van der Waals surface area contributed by atoms with E-state index in [2.05, 4.69) is 25.9 Å². The SMILES string of the molecule is Cc1cnc(NC(=O)Nc2ccc(F)cc2OC(C)C2CCCNC2)cn1. The molecular formula is C19H24FN5O2. The van der Waals surface area contributed by atoms with Crippen LogP contribution in [0.2, 0.25) is 0 Å². The molecule has 2 atom stereocenters. The molecule has 0 spiro atoms. The number of hydrogen-bond acceptors (Lipinski definition) is 5. The molecule has 2 heterocycles. The van der Waals surface area contributed by atoms with Crippen molar-refractivity contribution in [3.8, 4) is 5.75 Å². The van der Waals surface area contributed by atoms with Crippen LogP contribution in [0.25, 0.3) is 0 Å². The van der Waals surface area contributed by atoms with Crippen molar-refractivity contribution in [3.05, 3.63) is 42.1 Å². The second-order valence-corrected chi connectivity index (χ2v) is 6.69.